The zero-order valence-corrected chi connectivity index (χ0v) is 32.1. The number of cyclic esters (lactones) is 1. The number of benzene rings is 1. The second-order valence-corrected chi connectivity index (χ2v) is 17.8. The quantitative estimate of drug-likeness (QED) is 0.185. The van der Waals surface area contributed by atoms with Gasteiger partial charge in [-0.1, -0.05) is 6.08 Å². The van der Waals surface area contributed by atoms with Gasteiger partial charge in [0.25, 0.3) is 5.91 Å². The topological polar surface area (TPSA) is 207 Å². The summed E-state index contributed by atoms with van der Waals surface area (Å²) in [5, 5.41) is 11.2. The van der Waals surface area contributed by atoms with Crippen molar-refractivity contribution in [2.75, 3.05) is 19.0 Å². The number of sulfonamides is 1. The van der Waals surface area contributed by atoms with Crippen molar-refractivity contribution in [3.05, 3.63) is 42.3 Å². The highest BCUT2D eigenvalue weighted by atomic mass is 32.2. The van der Waals surface area contributed by atoms with E-state index >= 15 is 0 Å². The first-order chi connectivity index (χ1) is 25.5. The number of anilines is 1. The van der Waals surface area contributed by atoms with Gasteiger partial charge in [0.05, 0.1) is 30.1 Å². The van der Waals surface area contributed by atoms with E-state index < -0.39 is 74.3 Å². The van der Waals surface area contributed by atoms with Crippen LogP contribution in [0.2, 0.25) is 0 Å². The Balaban J connectivity index is 1.20. The normalized spacial score (nSPS) is 25.8. The molecule has 16 nitrogen and oxygen atoms in total. The molecule has 54 heavy (non-hydrogen) atoms. The lowest BCUT2D eigenvalue weighted by Crippen LogP contribution is -2.59. The second kappa shape index (κ2) is 13.7. The number of pyridine rings is 1. The minimum Gasteiger partial charge on any atom is -0.497 e. The molecule has 1 aromatic carbocycles. The molecule has 4 aliphatic rings. The van der Waals surface area contributed by atoms with Gasteiger partial charge in [-0.05, 0) is 59.1 Å². The number of hydrogen-bond donors (Lipinski definition) is 4. The minimum absolute atomic E-state index is 0.00478. The van der Waals surface area contributed by atoms with Gasteiger partial charge in [0.2, 0.25) is 21.8 Å². The molecule has 2 aliphatic heterocycles. The second-order valence-electron chi connectivity index (χ2n) is 15.0. The van der Waals surface area contributed by atoms with E-state index in [1.54, 1.807) is 39.2 Å². The standard InChI is InChI=1S/C36H43N7O9S2/c1-7-19-15-36(19,32(46)42-54(48,49)22-9-10-22)41-30(44)27-13-21(16-43(27)31(45)29-35(4,5)52-34(47)40-29)51-28-14-25(26-17-53-33(39-26)37-18(2)3)38-24-12-20(50-6)8-11-23(24)28/h7-8,11-12,14,17-19,21-22,27,29H,1,9-10,13,15-16H2,2-6H3,(H,37,39)(H,40,47)(H,41,44)(H,42,46)/t19-,21-,27+,29-,36-/m1/s1. The summed E-state index contributed by atoms with van der Waals surface area (Å²) in [6.07, 6.45) is 1.02. The Labute approximate surface area is 316 Å². The molecule has 0 spiro atoms. The Morgan fingerprint density at radius 3 is 2.56 bits per heavy atom. The van der Waals surface area contributed by atoms with Crippen LogP contribution in [0.25, 0.3) is 22.3 Å². The van der Waals surface area contributed by atoms with Crippen LogP contribution in [0, 0.1) is 5.92 Å². The monoisotopic (exact) mass is 781 g/mol. The van der Waals surface area contributed by atoms with Crippen molar-refractivity contribution in [1.29, 1.82) is 0 Å². The summed E-state index contributed by atoms with van der Waals surface area (Å²) in [4.78, 5) is 65.1. The first kappa shape index (κ1) is 37.3. The van der Waals surface area contributed by atoms with Crippen molar-refractivity contribution < 1.29 is 41.8 Å². The number of ether oxygens (including phenoxy) is 3. The van der Waals surface area contributed by atoms with Gasteiger partial charge in [-0.3, -0.25) is 19.1 Å². The summed E-state index contributed by atoms with van der Waals surface area (Å²) >= 11 is 1.44. The van der Waals surface area contributed by atoms with Gasteiger partial charge < -0.3 is 35.1 Å². The molecular formula is C36H43N7O9S2. The first-order valence-electron chi connectivity index (χ1n) is 17.7. The van der Waals surface area contributed by atoms with E-state index in [1.807, 2.05) is 25.3 Å². The highest BCUT2D eigenvalue weighted by Crippen LogP contribution is 2.46. The third-order valence-electron chi connectivity index (χ3n) is 10.1. The number of nitrogens with one attached hydrogen (secondary N) is 4. The fourth-order valence-corrected chi connectivity index (χ4v) is 9.17. The third kappa shape index (κ3) is 7.15. The van der Waals surface area contributed by atoms with Crippen LogP contribution in [0.15, 0.2) is 42.3 Å². The molecule has 5 atom stereocenters. The maximum atomic E-state index is 14.3. The number of amides is 4. The number of rotatable bonds is 13. The lowest BCUT2D eigenvalue weighted by Gasteiger charge is -2.31. The highest BCUT2D eigenvalue weighted by Gasteiger charge is 2.62. The molecule has 2 aliphatic carbocycles. The summed E-state index contributed by atoms with van der Waals surface area (Å²) in [6.45, 7) is 10.9. The zero-order chi connectivity index (χ0) is 38.7. The van der Waals surface area contributed by atoms with Crippen molar-refractivity contribution in [1.82, 2.24) is 30.2 Å². The average Bonchev–Trinajstić information content (AvgIpc) is 3.97. The van der Waals surface area contributed by atoms with E-state index in [2.05, 4.69) is 27.3 Å². The highest BCUT2D eigenvalue weighted by molar-refractivity contribution is 7.91. The molecule has 4 heterocycles. The smallest absolute Gasteiger partial charge is 0.408 e. The fraction of sp³-hybridized carbons (Fsp3) is 0.500. The number of fused-ring (bicyclic) bond motifs is 1. The van der Waals surface area contributed by atoms with Crippen LogP contribution in [0.5, 0.6) is 11.5 Å². The molecular weight excluding hydrogens is 739 g/mol. The molecule has 18 heteroatoms. The van der Waals surface area contributed by atoms with Crippen LogP contribution in [0.1, 0.15) is 53.4 Å². The molecule has 0 radical (unpaired) electrons. The molecule has 2 saturated carbocycles. The van der Waals surface area contributed by atoms with Gasteiger partial charge in [0, 0.05) is 41.3 Å². The molecule has 0 bridgehead atoms. The van der Waals surface area contributed by atoms with Crippen molar-refractivity contribution in [2.24, 2.45) is 5.92 Å². The van der Waals surface area contributed by atoms with Gasteiger partial charge in [0.15, 0.2) is 11.2 Å². The van der Waals surface area contributed by atoms with E-state index in [1.165, 1.54) is 22.3 Å². The van der Waals surface area contributed by atoms with Crippen molar-refractivity contribution in [3.63, 3.8) is 0 Å². The van der Waals surface area contributed by atoms with E-state index in [0.29, 0.717) is 46.6 Å². The van der Waals surface area contributed by atoms with Crippen molar-refractivity contribution in [2.45, 2.75) is 94.0 Å². The Bertz CT molecular complexity index is 2150. The summed E-state index contributed by atoms with van der Waals surface area (Å²) < 4.78 is 45.0. The van der Waals surface area contributed by atoms with E-state index in [4.69, 9.17) is 24.2 Å². The Morgan fingerprint density at radius 1 is 1.17 bits per heavy atom. The predicted octanol–water partition coefficient (Wildman–Crippen LogP) is 3.09. The zero-order valence-electron chi connectivity index (χ0n) is 30.5. The molecule has 2 saturated heterocycles. The van der Waals surface area contributed by atoms with Crippen molar-refractivity contribution >= 4 is 61.2 Å². The Kier molecular flexibility index (Phi) is 9.48. The number of thiazole rings is 1. The number of nitrogens with zero attached hydrogens (tertiary/aromatic N) is 3. The van der Waals surface area contributed by atoms with Crippen LogP contribution < -0.4 is 30.1 Å². The number of likely N-dealkylation sites (tertiary alicyclic amines) is 1. The predicted molar refractivity (Wildman–Crippen MR) is 199 cm³/mol. The van der Waals surface area contributed by atoms with Gasteiger partial charge in [-0.15, -0.1) is 17.9 Å². The average molecular weight is 782 g/mol. The fourth-order valence-electron chi connectivity index (χ4n) is 6.95. The largest absolute Gasteiger partial charge is 0.497 e. The Hall–Kier alpha value is -4.97. The van der Waals surface area contributed by atoms with Crippen LogP contribution >= 0.6 is 11.3 Å². The number of carbonyl (C=O) groups excluding carboxylic acids is 4. The summed E-state index contributed by atoms with van der Waals surface area (Å²) in [6, 6.07) is 5.00. The SMILES string of the molecule is C=C[C@@H]1C[C@]1(NC(=O)[C@@H]1C[C@@H](Oc2cc(-c3csc(NC(C)C)n3)nc3cc(OC)ccc23)CN1C(=O)[C@H]1NC(=O)OC1(C)C)C(=O)NS(=O)(=O)C1CC1. The van der Waals surface area contributed by atoms with Gasteiger partial charge >= 0.3 is 6.09 Å². The third-order valence-corrected chi connectivity index (χ3v) is 12.7. The van der Waals surface area contributed by atoms with Gasteiger partial charge in [0.1, 0.15) is 40.5 Å². The van der Waals surface area contributed by atoms with Crippen LogP contribution in [-0.2, 0) is 29.1 Å². The van der Waals surface area contributed by atoms with E-state index in [0.717, 1.165) is 5.13 Å². The van der Waals surface area contributed by atoms with Gasteiger partial charge in [-0.2, -0.15) is 0 Å². The number of carbonyl (C=O) groups is 4. The van der Waals surface area contributed by atoms with E-state index in [-0.39, 0.29) is 25.4 Å². The molecule has 4 fully saturated rings. The number of hydrogen-bond acceptors (Lipinski definition) is 13. The molecule has 288 valence electrons. The van der Waals surface area contributed by atoms with Gasteiger partial charge in [-0.25, -0.2) is 23.2 Å². The number of aromatic nitrogens is 2. The molecule has 4 N–H and O–H groups in total. The van der Waals surface area contributed by atoms with Crippen LogP contribution in [0.3, 0.4) is 0 Å². The maximum absolute atomic E-state index is 14.3. The van der Waals surface area contributed by atoms with Crippen molar-refractivity contribution in [3.8, 4) is 22.9 Å². The molecule has 2 aromatic heterocycles. The lowest BCUT2D eigenvalue weighted by molar-refractivity contribution is -0.143. The molecule has 0 unspecified atom stereocenters. The van der Waals surface area contributed by atoms with E-state index in [9.17, 15) is 27.6 Å². The summed E-state index contributed by atoms with van der Waals surface area (Å²) in [5.41, 5.74) is -1.08. The maximum Gasteiger partial charge on any atom is 0.408 e. The van der Waals surface area contributed by atoms with Crippen LogP contribution in [0.4, 0.5) is 9.93 Å². The summed E-state index contributed by atoms with van der Waals surface area (Å²) in [7, 11) is -2.35. The minimum atomic E-state index is -3.91. The molecule has 4 amide bonds. The first-order valence-corrected chi connectivity index (χ1v) is 20.1. The lowest BCUT2D eigenvalue weighted by atomic mass is 9.98. The molecule has 3 aromatic rings. The molecule has 7 rings (SSSR count). The Morgan fingerprint density at radius 2 is 1.93 bits per heavy atom. The summed E-state index contributed by atoms with van der Waals surface area (Å²) in [5.74, 6) is -1.64. The van der Waals surface area contributed by atoms with Crippen LogP contribution in [-0.4, -0.2) is 101 Å². The number of methoxy groups -OCH3 is 1. The number of alkyl carbamates (subject to hydrolysis) is 1.